The summed E-state index contributed by atoms with van der Waals surface area (Å²) in [6.45, 7) is 7.27. The normalized spacial score (nSPS) is 15.0. The molecule has 2 nitrogen and oxygen atoms in total. The van der Waals surface area contributed by atoms with E-state index in [1.807, 2.05) is 18.3 Å². The topological polar surface area (TPSA) is 32.3 Å². The predicted molar refractivity (Wildman–Crippen MR) is 71.0 cm³/mol. The summed E-state index contributed by atoms with van der Waals surface area (Å²) in [4.78, 5) is 2.83. The Morgan fingerprint density at radius 3 is 2.69 bits per heavy atom. The molecule has 2 unspecified atom stereocenters. The molecular formula is C13H23NOS. The fourth-order valence-corrected chi connectivity index (χ4v) is 2.57. The number of aliphatic hydroxyl groups excluding tert-OH is 1. The van der Waals surface area contributed by atoms with Crippen LogP contribution in [-0.2, 0) is 6.42 Å². The average Bonchev–Trinajstić information content (AvgIpc) is 2.77. The Hall–Kier alpha value is -0.380. The van der Waals surface area contributed by atoms with Crippen molar-refractivity contribution in [3.8, 4) is 0 Å². The van der Waals surface area contributed by atoms with Crippen molar-refractivity contribution in [1.82, 2.24) is 5.32 Å². The number of aryl methyl sites for hydroxylation is 1. The maximum atomic E-state index is 9.45. The first-order chi connectivity index (χ1) is 7.67. The van der Waals surface area contributed by atoms with Gasteiger partial charge in [0.25, 0.3) is 0 Å². The maximum absolute atomic E-state index is 9.45. The second-order valence-corrected chi connectivity index (χ2v) is 5.38. The van der Waals surface area contributed by atoms with E-state index in [2.05, 4.69) is 31.3 Å². The Labute approximate surface area is 103 Å². The summed E-state index contributed by atoms with van der Waals surface area (Å²) in [5.41, 5.74) is 0. The lowest BCUT2D eigenvalue weighted by Crippen LogP contribution is -2.22. The highest BCUT2D eigenvalue weighted by molar-refractivity contribution is 7.12. The number of thiophene rings is 1. The minimum absolute atomic E-state index is 0.158. The van der Waals surface area contributed by atoms with Gasteiger partial charge in [0.05, 0.1) is 6.10 Å². The van der Waals surface area contributed by atoms with Gasteiger partial charge in [-0.05, 0) is 44.9 Å². The van der Waals surface area contributed by atoms with Gasteiger partial charge < -0.3 is 10.4 Å². The Morgan fingerprint density at radius 2 is 2.12 bits per heavy atom. The van der Waals surface area contributed by atoms with E-state index >= 15 is 0 Å². The smallest absolute Gasteiger partial charge is 0.0549 e. The number of nitrogens with one attached hydrogen (secondary N) is 1. The van der Waals surface area contributed by atoms with Crippen molar-refractivity contribution in [2.75, 3.05) is 6.54 Å². The van der Waals surface area contributed by atoms with Crippen LogP contribution in [0.2, 0.25) is 0 Å². The van der Waals surface area contributed by atoms with Crippen LogP contribution in [0.5, 0.6) is 0 Å². The lowest BCUT2D eigenvalue weighted by molar-refractivity contribution is 0.159. The van der Waals surface area contributed by atoms with E-state index in [0.29, 0.717) is 6.04 Å². The standard InChI is InChI=1S/C13H23NOS/c1-4-11(15)8-9-14-10(3)13-7-6-12(5-2)16-13/h6-7,10-11,14-15H,4-5,8-9H2,1-3H3. The molecule has 2 N–H and O–H groups in total. The van der Waals surface area contributed by atoms with E-state index in [0.717, 1.165) is 25.8 Å². The van der Waals surface area contributed by atoms with Crippen LogP contribution in [0.25, 0.3) is 0 Å². The van der Waals surface area contributed by atoms with Gasteiger partial charge >= 0.3 is 0 Å². The highest BCUT2D eigenvalue weighted by Gasteiger charge is 2.08. The highest BCUT2D eigenvalue weighted by atomic mass is 32.1. The zero-order chi connectivity index (χ0) is 12.0. The third-order valence-corrected chi connectivity index (χ3v) is 4.27. The lowest BCUT2D eigenvalue weighted by atomic mass is 10.2. The summed E-state index contributed by atoms with van der Waals surface area (Å²) in [6.07, 6.45) is 2.64. The number of rotatable bonds is 7. The zero-order valence-electron chi connectivity index (χ0n) is 10.5. The van der Waals surface area contributed by atoms with Crippen LogP contribution in [-0.4, -0.2) is 17.8 Å². The average molecular weight is 241 g/mol. The summed E-state index contributed by atoms with van der Waals surface area (Å²) in [5.74, 6) is 0. The monoisotopic (exact) mass is 241 g/mol. The zero-order valence-corrected chi connectivity index (χ0v) is 11.3. The summed E-state index contributed by atoms with van der Waals surface area (Å²) in [5, 5.41) is 12.9. The second kappa shape index (κ2) is 7.05. The van der Waals surface area contributed by atoms with Crippen LogP contribution in [0.4, 0.5) is 0 Å². The molecule has 3 heteroatoms. The summed E-state index contributed by atoms with van der Waals surface area (Å²) in [6, 6.07) is 4.81. The van der Waals surface area contributed by atoms with Gasteiger partial charge in [0.15, 0.2) is 0 Å². The molecular weight excluding hydrogens is 218 g/mol. The van der Waals surface area contributed by atoms with E-state index in [-0.39, 0.29) is 6.10 Å². The first-order valence-corrected chi connectivity index (χ1v) is 6.99. The molecule has 92 valence electrons. The third kappa shape index (κ3) is 4.24. The molecule has 0 bridgehead atoms. The molecule has 0 aliphatic carbocycles. The summed E-state index contributed by atoms with van der Waals surface area (Å²) in [7, 11) is 0. The first-order valence-electron chi connectivity index (χ1n) is 6.17. The van der Waals surface area contributed by atoms with Crippen molar-refractivity contribution >= 4 is 11.3 Å². The van der Waals surface area contributed by atoms with Crippen molar-refractivity contribution in [2.24, 2.45) is 0 Å². The van der Waals surface area contributed by atoms with Gasteiger partial charge in [-0.15, -0.1) is 11.3 Å². The van der Waals surface area contributed by atoms with Crippen molar-refractivity contribution in [3.05, 3.63) is 21.9 Å². The molecule has 1 aromatic rings. The van der Waals surface area contributed by atoms with E-state index in [1.165, 1.54) is 9.75 Å². The van der Waals surface area contributed by atoms with Crippen LogP contribution in [0.3, 0.4) is 0 Å². The minimum Gasteiger partial charge on any atom is -0.393 e. The largest absolute Gasteiger partial charge is 0.393 e. The summed E-state index contributed by atoms with van der Waals surface area (Å²) >= 11 is 1.88. The van der Waals surface area contributed by atoms with Crippen LogP contribution < -0.4 is 5.32 Å². The van der Waals surface area contributed by atoms with Gasteiger partial charge in [0.1, 0.15) is 0 Å². The number of aliphatic hydroxyl groups is 1. The van der Waals surface area contributed by atoms with Crippen LogP contribution in [0.1, 0.15) is 49.4 Å². The Balaban J connectivity index is 2.31. The van der Waals surface area contributed by atoms with Gasteiger partial charge in [-0.3, -0.25) is 0 Å². The first kappa shape index (κ1) is 13.7. The molecule has 0 aliphatic heterocycles. The Kier molecular flexibility index (Phi) is 6.03. The molecule has 0 radical (unpaired) electrons. The predicted octanol–water partition coefficient (Wildman–Crippen LogP) is 3.12. The molecule has 2 atom stereocenters. The molecule has 0 saturated heterocycles. The highest BCUT2D eigenvalue weighted by Crippen LogP contribution is 2.23. The van der Waals surface area contributed by atoms with E-state index < -0.39 is 0 Å². The Bertz CT molecular complexity index is 298. The van der Waals surface area contributed by atoms with Crippen LogP contribution in [0.15, 0.2) is 12.1 Å². The Morgan fingerprint density at radius 1 is 1.38 bits per heavy atom. The molecule has 0 fully saturated rings. The summed E-state index contributed by atoms with van der Waals surface area (Å²) < 4.78 is 0. The van der Waals surface area contributed by atoms with Gasteiger partial charge in [-0.2, -0.15) is 0 Å². The van der Waals surface area contributed by atoms with Crippen molar-refractivity contribution < 1.29 is 5.11 Å². The quantitative estimate of drug-likeness (QED) is 0.769. The molecule has 0 saturated carbocycles. The lowest BCUT2D eigenvalue weighted by Gasteiger charge is -2.13. The van der Waals surface area contributed by atoms with Gasteiger partial charge in [0, 0.05) is 15.8 Å². The minimum atomic E-state index is -0.158. The molecule has 0 amide bonds. The van der Waals surface area contributed by atoms with E-state index in [1.54, 1.807) is 0 Å². The molecule has 0 aromatic carbocycles. The maximum Gasteiger partial charge on any atom is 0.0549 e. The molecule has 0 aliphatic rings. The van der Waals surface area contributed by atoms with Gasteiger partial charge in [0.2, 0.25) is 0 Å². The second-order valence-electron chi connectivity index (χ2n) is 4.18. The van der Waals surface area contributed by atoms with E-state index in [4.69, 9.17) is 0 Å². The molecule has 1 aromatic heterocycles. The van der Waals surface area contributed by atoms with Crippen molar-refractivity contribution in [2.45, 2.75) is 52.2 Å². The van der Waals surface area contributed by atoms with Crippen molar-refractivity contribution in [3.63, 3.8) is 0 Å². The van der Waals surface area contributed by atoms with E-state index in [9.17, 15) is 5.11 Å². The molecule has 16 heavy (non-hydrogen) atoms. The van der Waals surface area contributed by atoms with Gasteiger partial charge in [-0.1, -0.05) is 13.8 Å². The SMILES string of the molecule is CCc1ccc(C(C)NCCC(O)CC)s1. The third-order valence-electron chi connectivity index (χ3n) is 2.86. The van der Waals surface area contributed by atoms with Crippen molar-refractivity contribution in [1.29, 1.82) is 0 Å². The molecule has 0 spiro atoms. The molecule has 1 heterocycles. The fourth-order valence-electron chi connectivity index (χ4n) is 1.59. The number of hydrogen-bond donors (Lipinski definition) is 2. The fraction of sp³-hybridized carbons (Fsp3) is 0.692. The van der Waals surface area contributed by atoms with Gasteiger partial charge in [-0.25, -0.2) is 0 Å². The molecule has 1 rings (SSSR count). The number of hydrogen-bond acceptors (Lipinski definition) is 3. The van der Waals surface area contributed by atoms with Crippen LogP contribution >= 0.6 is 11.3 Å². The van der Waals surface area contributed by atoms with Crippen LogP contribution in [0, 0.1) is 0 Å².